The fraction of sp³-hybridized carbons (Fsp3) is 0.0714. The van der Waals surface area contributed by atoms with Gasteiger partial charge in [-0.25, -0.2) is 9.37 Å². The Kier molecular flexibility index (Phi) is 2.76. The molecule has 0 saturated carbocycles. The molecule has 0 unspecified atom stereocenters. The van der Waals surface area contributed by atoms with Crippen LogP contribution in [0.15, 0.2) is 48.8 Å². The number of imidazole rings is 1. The molecule has 0 radical (unpaired) electrons. The normalized spacial score (nSPS) is 11.0. The van der Waals surface area contributed by atoms with Crippen molar-refractivity contribution in [1.29, 1.82) is 0 Å². The van der Waals surface area contributed by atoms with E-state index < -0.39 is 0 Å². The maximum atomic E-state index is 13.7. The lowest BCUT2D eigenvalue weighted by atomic mass is 10.2. The Labute approximate surface area is 109 Å². The Hall–Kier alpha value is -1.87. The first-order valence-corrected chi connectivity index (χ1v) is 6.10. The number of nitrogens with zero attached hydrogens (tertiary/aromatic N) is 2. The maximum Gasteiger partial charge on any atom is 0.129 e. The highest BCUT2D eigenvalue weighted by Crippen LogP contribution is 2.24. The van der Waals surface area contributed by atoms with Crippen LogP contribution in [0.5, 0.6) is 0 Å². The van der Waals surface area contributed by atoms with Crippen molar-refractivity contribution in [1.82, 2.24) is 9.55 Å². The summed E-state index contributed by atoms with van der Waals surface area (Å²) in [6, 6.07) is 12.7. The van der Waals surface area contributed by atoms with Gasteiger partial charge >= 0.3 is 0 Å². The molecule has 0 aliphatic carbocycles. The number of fused-ring (bicyclic) bond motifs is 1. The zero-order valence-corrected chi connectivity index (χ0v) is 10.2. The minimum Gasteiger partial charge on any atom is -0.298 e. The summed E-state index contributed by atoms with van der Waals surface area (Å²) in [5, 5.41) is 0. The van der Waals surface area contributed by atoms with Crippen LogP contribution >= 0.6 is 11.6 Å². The van der Waals surface area contributed by atoms with E-state index in [1.165, 1.54) is 6.07 Å². The standard InChI is InChI=1S/C14H10ClFN2/c15-8-10-11(16)4-3-7-13(10)18-9-17-12-5-1-2-6-14(12)18/h1-7,9H,8H2. The first kappa shape index (κ1) is 11.2. The molecule has 3 aromatic rings. The Morgan fingerprint density at radius 3 is 2.78 bits per heavy atom. The van der Waals surface area contributed by atoms with Gasteiger partial charge in [0.15, 0.2) is 0 Å². The highest BCUT2D eigenvalue weighted by molar-refractivity contribution is 6.17. The van der Waals surface area contributed by atoms with Crippen LogP contribution in [0.4, 0.5) is 4.39 Å². The lowest BCUT2D eigenvalue weighted by Gasteiger charge is -2.09. The lowest BCUT2D eigenvalue weighted by Crippen LogP contribution is -1.99. The van der Waals surface area contributed by atoms with Gasteiger partial charge < -0.3 is 0 Å². The summed E-state index contributed by atoms with van der Waals surface area (Å²) in [5.41, 5.74) is 3.04. The third-order valence-electron chi connectivity index (χ3n) is 2.94. The summed E-state index contributed by atoms with van der Waals surface area (Å²) in [4.78, 5) is 4.30. The molecule has 0 atom stereocenters. The Balaban J connectivity index is 2.30. The van der Waals surface area contributed by atoms with Crippen LogP contribution in [0.2, 0.25) is 0 Å². The Morgan fingerprint density at radius 2 is 1.94 bits per heavy atom. The van der Waals surface area contributed by atoms with E-state index in [9.17, 15) is 4.39 Å². The topological polar surface area (TPSA) is 17.8 Å². The molecule has 0 N–H and O–H groups in total. The number of benzene rings is 2. The molecule has 1 aromatic heterocycles. The summed E-state index contributed by atoms with van der Waals surface area (Å²) in [5.74, 6) is -0.158. The van der Waals surface area contributed by atoms with E-state index in [0.29, 0.717) is 5.56 Å². The predicted molar refractivity (Wildman–Crippen MR) is 70.6 cm³/mol. The molecule has 2 nitrogen and oxygen atoms in total. The average Bonchev–Trinajstić information content (AvgIpc) is 2.82. The zero-order chi connectivity index (χ0) is 12.5. The lowest BCUT2D eigenvalue weighted by molar-refractivity contribution is 0.615. The second-order valence-corrected chi connectivity index (χ2v) is 4.24. The molecule has 0 bridgehead atoms. The summed E-state index contributed by atoms with van der Waals surface area (Å²) in [6.45, 7) is 0. The van der Waals surface area contributed by atoms with Crippen molar-refractivity contribution < 1.29 is 4.39 Å². The monoisotopic (exact) mass is 260 g/mol. The second kappa shape index (κ2) is 4.42. The van der Waals surface area contributed by atoms with Crippen LogP contribution in [-0.4, -0.2) is 9.55 Å². The second-order valence-electron chi connectivity index (χ2n) is 3.97. The molecule has 0 aliphatic rings. The van der Waals surface area contributed by atoms with Gasteiger partial charge in [-0.2, -0.15) is 0 Å². The Morgan fingerprint density at radius 1 is 1.11 bits per heavy atom. The van der Waals surface area contributed by atoms with Crippen LogP contribution in [0.25, 0.3) is 16.7 Å². The zero-order valence-electron chi connectivity index (χ0n) is 9.48. The molecule has 18 heavy (non-hydrogen) atoms. The number of alkyl halides is 1. The Bertz CT molecular complexity index is 706. The molecule has 3 rings (SSSR count). The third kappa shape index (κ3) is 1.68. The van der Waals surface area contributed by atoms with Crippen molar-refractivity contribution in [3.8, 4) is 5.69 Å². The number of rotatable bonds is 2. The number of hydrogen-bond donors (Lipinski definition) is 0. The SMILES string of the molecule is Fc1cccc(-n2cnc3ccccc32)c1CCl. The minimum absolute atomic E-state index is 0.133. The van der Waals surface area contributed by atoms with E-state index >= 15 is 0 Å². The summed E-state index contributed by atoms with van der Waals surface area (Å²) < 4.78 is 15.6. The van der Waals surface area contributed by atoms with E-state index in [2.05, 4.69) is 4.98 Å². The molecule has 1 heterocycles. The smallest absolute Gasteiger partial charge is 0.129 e. The predicted octanol–water partition coefficient (Wildman–Crippen LogP) is 3.90. The first-order chi connectivity index (χ1) is 8.81. The molecular weight excluding hydrogens is 251 g/mol. The minimum atomic E-state index is -0.291. The molecule has 0 fully saturated rings. The van der Waals surface area contributed by atoms with Gasteiger partial charge in [0.05, 0.1) is 22.6 Å². The number of halogens is 2. The third-order valence-corrected chi connectivity index (χ3v) is 3.21. The fourth-order valence-corrected chi connectivity index (χ4v) is 2.32. The van der Waals surface area contributed by atoms with Gasteiger partial charge in [0, 0.05) is 5.56 Å². The molecular formula is C14H10ClFN2. The van der Waals surface area contributed by atoms with Gasteiger partial charge in [-0.15, -0.1) is 11.6 Å². The van der Waals surface area contributed by atoms with Gasteiger partial charge in [0.2, 0.25) is 0 Å². The molecule has 0 aliphatic heterocycles. The van der Waals surface area contributed by atoms with E-state index in [4.69, 9.17) is 11.6 Å². The van der Waals surface area contributed by atoms with Gasteiger partial charge in [0.25, 0.3) is 0 Å². The quantitative estimate of drug-likeness (QED) is 0.639. The maximum absolute atomic E-state index is 13.7. The molecule has 90 valence electrons. The van der Waals surface area contributed by atoms with Crippen molar-refractivity contribution in [2.45, 2.75) is 5.88 Å². The van der Waals surface area contributed by atoms with Crippen molar-refractivity contribution in [2.75, 3.05) is 0 Å². The number of hydrogen-bond acceptors (Lipinski definition) is 1. The molecule has 0 spiro atoms. The van der Waals surface area contributed by atoms with Gasteiger partial charge in [0.1, 0.15) is 12.1 Å². The van der Waals surface area contributed by atoms with Gasteiger partial charge in [-0.1, -0.05) is 18.2 Å². The van der Waals surface area contributed by atoms with Crippen LogP contribution in [0.3, 0.4) is 0 Å². The fourth-order valence-electron chi connectivity index (χ4n) is 2.06. The van der Waals surface area contributed by atoms with Crippen LogP contribution in [-0.2, 0) is 5.88 Å². The van der Waals surface area contributed by atoms with E-state index in [-0.39, 0.29) is 11.7 Å². The summed E-state index contributed by atoms with van der Waals surface area (Å²) in [7, 11) is 0. The summed E-state index contributed by atoms with van der Waals surface area (Å²) >= 11 is 5.83. The van der Waals surface area contributed by atoms with Gasteiger partial charge in [-0.05, 0) is 24.3 Å². The van der Waals surface area contributed by atoms with E-state index in [1.54, 1.807) is 12.4 Å². The van der Waals surface area contributed by atoms with Gasteiger partial charge in [-0.3, -0.25) is 4.57 Å². The largest absolute Gasteiger partial charge is 0.298 e. The van der Waals surface area contributed by atoms with Crippen molar-refractivity contribution in [3.63, 3.8) is 0 Å². The summed E-state index contributed by atoms with van der Waals surface area (Å²) in [6.07, 6.45) is 1.69. The molecule has 0 saturated heterocycles. The highest BCUT2D eigenvalue weighted by Gasteiger charge is 2.11. The number of para-hydroxylation sites is 2. The van der Waals surface area contributed by atoms with E-state index in [0.717, 1.165) is 16.7 Å². The molecule has 0 amide bonds. The van der Waals surface area contributed by atoms with Crippen LogP contribution in [0, 0.1) is 5.82 Å². The molecule has 2 aromatic carbocycles. The number of aromatic nitrogens is 2. The first-order valence-electron chi connectivity index (χ1n) is 5.57. The van der Waals surface area contributed by atoms with Crippen LogP contribution in [0.1, 0.15) is 5.56 Å². The molecule has 4 heteroatoms. The highest BCUT2D eigenvalue weighted by atomic mass is 35.5. The van der Waals surface area contributed by atoms with E-state index in [1.807, 2.05) is 34.9 Å². The van der Waals surface area contributed by atoms with Crippen molar-refractivity contribution in [3.05, 3.63) is 60.2 Å². The van der Waals surface area contributed by atoms with Crippen LogP contribution < -0.4 is 0 Å². The van der Waals surface area contributed by atoms with Crippen molar-refractivity contribution in [2.24, 2.45) is 0 Å². The average molecular weight is 261 g/mol. The van der Waals surface area contributed by atoms with Crippen molar-refractivity contribution >= 4 is 22.6 Å².